The summed E-state index contributed by atoms with van der Waals surface area (Å²) in [5.74, 6) is 1.31. The van der Waals surface area contributed by atoms with Crippen LogP contribution in [0.5, 0.6) is 0 Å². The molecule has 8 heteroatoms. The van der Waals surface area contributed by atoms with Gasteiger partial charge in [0.25, 0.3) is 0 Å². The zero-order valence-corrected chi connectivity index (χ0v) is 13.1. The molecule has 0 radical (unpaired) electrons. The lowest BCUT2D eigenvalue weighted by Crippen LogP contribution is -2.44. The summed E-state index contributed by atoms with van der Waals surface area (Å²) in [6.07, 6.45) is 2.90. The molecule has 1 aromatic heterocycles. The second-order valence-electron chi connectivity index (χ2n) is 5.23. The summed E-state index contributed by atoms with van der Waals surface area (Å²) in [6.45, 7) is 2.06. The van der Waals surface area contributed by atoms with Crippen molar-refractivity contribution in [1.29, 1.82) is 0 Å². The Hall–Kier alpha value is -1.34. The number of ether oxygens (including phenoxy) is 1. The first-order valence-corrected chi connectivity index (χ1v) is 9.03. The van der Waals surface area contributed by atoms with Crippen molar-refractivity contribution in [2.24, 2.45) is 5.10 Å². The van der Waals surface area contributed by atoms with E-state index in [4.69, 9.17) is 16.3 Å². The van der Waals surface area contributed by atoms with Crippen LogP contribution in [0.4, 0.5) is 5.82 Å². The lowest BCUT2D eigenvalue weighted by atomic mass is 10.1. The molecule has 0 saturated carbocycles. The van der Waals surface area contributed by atoms with Crippen molar-refractivity contribution in [2.75, 3.05) is 16.5 Å². The molecule has 2 aliphatic heterocycles. The second-order valence-corrected chi connectivity index (χ2v) is 7.79. The minimum atomic E-state index is -2.89. The molecule has 1 aromatic rings. The number of aromatic nitrogens is 1. The van der Waals surface area contributed by atoms with Gasteiger partial charge >= 0.3 is 0 Å². The molecule has 0 amide bonds. The summed E-state index contributed by atoms with van der Waals surface area (Å²) < 4.78 is 28.0. The molecule has 0 aliphatic carbocycles. The highest BCUT2D eigenvalue weighted by Crippen LogP contribution is 2.31. The molecule has 1 saturated heterocycles. The molecule has 1 unspecified atom stereocenters. The normalized spacial score (nSPS) is 24.6. The summed E-state index contributed by atoms with van der Waals surface area (Å²) in [6, 6.07) is 3.66. The average molecular weight is 330 g/mol. The van der Waals surface area contributed by atoms with E-state index >= 15 is 0 Å². The molecular formula is C13H16ClN3O3S. The lowest BCUT2D eigenvalue weighted by molar-refractivity contribution is 0.212. The van der Waals surface area contributed by atoms with Crippen molar-refractivity contribution in [3.8, 4) is 0 Å². The Labute approximate surface area is 128 Å². The first-order valence-electron chi connectivity index (χ1n) is 6.83. The van der Waals surface area contributed by atoms with E-state index in [0.29, 0.717) is 23.2 Å². The molecule has 3 rings (SSSR count). The Morgan fingerprint density at radius 1 is 1.48 bits per heavy atom. The lowest BCUT2D eigenvalue weighted by Gasteiger charge is -2.25. The number of rotatable bonds is 3. The summed E-state index contributed by atoms with van der Waals surface area (Å²) in [5, 5.41) is 6.73. The number of hydrogen-bond acceptors (Lipinski definition) is 6. The van der Waals surface area contributed by atoms with Crippen LogP contribution < -0.4 is 5.01 Å². The van der Waals surface area contributed by atoms with E-state index in [1.54, 1.807) is 23.3 Å². The fourth-order valence-electron chi connectivity index (χ4n) is 2.46. The van der Waals surface area contributed by atoms with Gasteiger partial charge in [-0.1, -0.05) is 18.5 Å². The Morgan fingerprint density at radius 2 is 2.24 bits per heavy atom. The Bertz CT molecular complexity index is 665. The zero-order valence-electron chi connectivity index (χ0n) is 11.6. The zero-order chi connectivity index (χ0) is 15.0. The largest absolute Gasteiger partial charge is 0.474 e. The van der Waals surface area contributed by atoms with Crippen LogP contribution in [0.1, 0.15) is 19.8 Å². The SMILES string of the molecule is CCC1CC(OC2CS(=O)(=O)C2)=NN1c1ncccc1Cl. The van der Waals surface area contributed by atoms with Crippen LogP contribution in [0.3, 0.4) is 0 Å². The van der Waals surface area contributed by atoms with Gasteiger partial charge in [-0.15, -0.1) is 5.10 Å². The van der Waals surface area contributed by atoms with Gasteiger partial charge in [-0.05, 0) is 18.6 Å². The number of anilines is 1. The molecule has 1 atom stereocenters. The highest BCUT2D eigenvalue weighted by Gasteiger charge is 2.38. The van der Waals surface area contributed by atoms with E-state index in [-0.39, 0.29) is 23.7 Å². The molecule has 0 aromatic carbocycles. The van der Waals surface area contributed by atoms with Gasteiger partial charge in [0.1, 0.15) is 6.10 Å². The molecule has 2 aliphatic rings. The molecule has 6 nitrogen and oxygen atoms in total. The van der Waals surface area contributed by atoms with Crippen LogP contribution in [-0.4, -0.2) is 43.0 Å². The summed E-state index contributed by atoms with van der Waals surface area (Å²) >= 11 is 6.16. The van der Waals surface area contributed by atoms with Crippen LogP contribution in [-0.2, 0) is 14.6 Å². The van der Waals surface area contributed by atoms with Crippen molar-refractivity contribution >= 4 is 33.2 Å². The van der Waals surface area contributed by atoms with Crippen molar-refractivity contribution in [3.63, 3.8) is 0 Å². The maximum absolute atomic E-state index is 11.2. The van der Waals surface area contributed by atoms with Crippen molar-refractivity contribution < 1.29 is 13.2 Å². The summed E-state index contributed by atoms with van der Waals surface area (Å²) in [5.41, 5.74) is 0. The molecule has 3 heterocycles. The highest BCUT2D eigenvalue weighted by atomic mass is 35.5. The average Bonchev–Trinajstić information content (AvgIpc) is 2.80. The topological polar surface area (TPSA) is 71.9 Å². The molecule has 0 N–H and O–H groups in total. The number of halogens is 1. The second kappa shape index (κ2) is 5.46. The van der Waals surface area contributed by atoms with E-state index in [0.717, 1.165) is 6.42 Å². The minimum absolute atomic E-state index is 0.0765. The maximum Gasteiger partial charge on any atom is 0.208 e. The fraction of sp³-hybridized carbons (Fsp3) is 0.538. The van der Waals surface area contributed by atoms with Gasteiger partial charge in [0, 0.05) is 12.6 Å². The molecule has 114 valence electrons. The van der Waals surface area contributed by atoms with Crippen LogP contribution in [0.15, 0.2) is 23.4 Å². The third-order valence-electron chi connectivity index (χ3n) is 3.59. The maximum atomic E-state index is 11.2. The summed E-state index contributed by atoms with van der Waals surface area (Å²) in [4.78, 5) is 4.26. The predicted molar refractivity (Wildman–Crippen MR) is 81.4 cm³/mol. The predicted octanol–water partition coefficient (Wildman–Crippen LogP) is 1.85. The first kappa shape index (κ1) is 14.6. The third kappa shape index (κ3) is 2.98. The van der Waals surface area contributed by atoms with Crippen LogP contribution in [0.2, 0.25) is 5.02 Å². The molecule has 1 fully saturated rings. The van der Waals surface area contributed by atoms with Gasteiger partial charge in [0.05, 0.1) is 22.6 Å². The van der Waals surface area contributed by atoms with E-state index in [1.165, 1.54) is 0 Å². The number of nitrogens with zero attached hydrogens (tertiary/aromatic N) is 3. The van der Waals surface area contributed by atoms with E-state index in [2.05, 4.69) is 17.0 Å². The molecular weight excluding hydrogens is 314 g/mol. The molecule has 0 spiro atoms. The van der Waals surface area contributed by atoms with E-state index < -0.39 is 9.84 Å². The van der Waals surface area contributed by atoms with Crippen molar-refractivity contribution in [1.82, 2.24) is 4.98 Å². The third-order valence-corrected chi connectivity index (χ3v) is 5.64. The Kier molecular flexibility index (Phi) is 3.79. The van der Waals surface area contributed by atoms with Gasteiger partial charge in [-0.25, -0.2) is 18.4 Å². The van der Waals surface area contributed by atoms with Gasteiger partial charge in [0.15, 0.2) is 15.7 Å². The van der Waals surface area contributed by atoms with Crippen LogP contribution >= 0.6 is 11.6 Å². The Balaban J connectivity index is 1.75. The highest BCUT2D eigenvalue weighted by molar-refractivity contribution is 7.92. The minimum Gasteiger partial charge on any atom is -0.474 e. The number of sulfone groups is 1. The quantitative estimate of drug-likeness (QED) is 0.846. The van der Waals surface area contributed by atoms with Gasteiger partial charge in [-0.2, -0.15) is 0 Å². The van der Waals surface area contributed by atoms with Gasteiger partial charge in [-0.3, -0.25) is 0 Å². The van der Waals surface area contributed by atoms with Gasteiger partial charge in [0.2, 0.25) is 5.90 Å². The smallest absolute Gasteiger partial charge is 0.208 e. The monoisotopic (exact) mass is 329 g/mol. The van der Waals surface area contributed by atoms with Crippen LogP contribution in [0, 0.1) is 0 Å². The van der Waals surface area contributed by atoms with E-state index in [9.17, 15) is 8.42 Å². The first-order chi connectivity index (χ1) is 9.98. The van der Waals surface area contributed by atoms with Crippen LogP contribution in [0.25, 0.3) is 0 Å². The number of hydrazone groups is 1. The van der Waals surface area contributed by atoms with Crippen molar-refractivity contribution in [2.45, 2.75) is 31.9 Å². The number of hydrogen-bond donors (Lipinski definition) is 0. The van der Waals surface area contributed by atoms with E-state index in [1.807, 2.05) is 0 Å². The molecule has 21 heavy (non-hydrogen) atoms. The standard InChI is InChI=1S/C13H16ClN3O3S/c1-2-9-6-12(20-10-7-21(18,19)8-10)16-17(9)13-11(14)4-3-5-15-13/h3-5,9-10H,2,6-8H2,1H3. The molecule has 0 bridgehead atoms. The van der Waals surface area contributed by atoms with Crippen molar-refractivity contribution in [3.05, 3.63) is 23.4 Å². The summed E-state index contributed by atoms with van der Waals surface area (Å²) in [7, 11) is -2.89. The Morgan fingerprint density at radius 3 is 2.86 bits per heavy atom. The number of pyridine rings is 1. The fourth-order valence-corrected chi connectivity index (χ4v) is 3.84. The van der Waals surface area contributed by atoms with Gasteiger partial charge < -0.3 is 4.74 Å².